The number of carbonyl (C=O) groups excluding carboxylic acids is 1. The number of fused-ring (bicyclic) bond motifs is 1. The number of amides is 1. The van der Waals surface area contributed by atoms with Crippen molar-refractivity contribution in [2.75, 3.05) is 0 Å². The van der Waals surface area contributed by atoms with Crippen LogP contribution >= 0.6 is 0 Å². The minimum atomic E-state index is -1.29. The van der Waals surface area contributed by atoms with E-state index >= 15 is 0 Å². The number of hydrogen-bond donors (Lipinski definition) is 3. The molecule has 8 heteroatoms. The van der Waals surface area contributed by atoms with Gasteiger partial charge in [-0.25, -0.2) is 14.6 Å². The molecule has 1 aromatic heterocycles. The predicted octanol–water partition coefficient (Wildman–Crippen LogP) is 1.85. The van der Waals surface area contributed by atoms with Gasteiger partial charge in [-0.05, 0) is 17.7 Å². The van der Waals surface area contributed by atoms with E-state index in [4.69, 9.17) is 4.74 Å². The first kappa shape index (κ1) is 18.1. The second-order valence-corrected chi connectivity index (χ2v) is 5.83. The summed E-state index contributed by atoms with van der Waals surface area (Å²) < 4.78 is 5.03. The Balaban J connectivity index is 1.68. The molecule has 3 aromatic rings. The van der Waals surface area contributed by atoms with Gasteiger partial charge < -0.3 is 20.1 Å². The molecule has 0 bridgehead atoms. The third kappa shape index (κ3) is 4.69. The second-order valence-electron chi connectivity index (χ2n) is 5.83. The van der Waals surface area contributed by atoms with Crippen molar-refractivity contribution >= 4 is 23.0 Å². The van der Waals surface area contributed by atoms with Gasteiger partial charge in [0.1, 0.15) is 18.5 Å². The van der Waals surface area contributed by atoms with Crippen LogP contribution < -0.4 is 10.9 Å². The van der Waals surface area contributed by atoms with Gasteiger partial charge in [0.25, 0.3) is 5.56 Å². The van der Waals surface area contributed by atoms with Crippen molar-refractivity contribution < 1.29 is 19.4 Å². The molecule has 0 saturated carbocycles. The van der Waals surface area contributed by atoms with E-state index in [1.165, 1.54) is 0 Å². The highest BCUT2D eigenvalue weighted by Gasteiger charge is 2.22. The first-order valence-corrected chi connectivity index (χ1v) is 8.21. The zero-order valence-corrected chi connectivity index (χ0v) is 14.2. The number of para-hydroxylation sites is 1. The third-order valence-corrected chi connectivity index (χ3v) is 3.86. The maximum absolute atomic E-state index is 12.1. The van der Waals surface area contributed by atoms with Crippen LogP contribution in [0.15, 0.2) is 59.4 Å². The molecule has 2 aromatic carbocycles. The molecule has 1 heterocycles. The highest BCUT2D eigenvalue weighted by atomic mass is 16.5. The number of alkyl carbamates (subject to hydrolysis) is 1. The van der Waals surface area contributed by atoms with Gasteiger partial charge >= 0.3 is 12.1 Å². The van der Waals surface area contributed by atoms with Crippen molar-refractivity contribution in [1.29, 1.82) is 0 Å². The minimum absolute atomic E-state index is 0.0179. The predicted molar refractivity (Wildman–Crippen MR) is 97.3 cm³/mol. The summed E-state index contributed by atoms with van der Waals surface area (Å²) in [6, 6.07) is 14.4. The summed E-state index contributed by atoms with van der Waals surface area (Å²) in [5, 5.41) is 12.0. The number of rotatable bonds is 6. The topological polar surface area (TPSA) is 121 Å². The normalized spacial score (nSPS) is 11.7. The third-order valence-electron chi connectivity index (χ3n) is 3.86. The van der Waals surface area contributed by atoms with E-state index in [-0.39, 0.29) is 24.4 Å². The molecule has 1 amide bonds. The number of carboxylic acid groups (broad SMARTS) is 1. The Kier molecular flexibility index (Phi) is 5.46. The first-order valence-electron chi connectivity index (χ1n) is 8.21. The molecule has 0 fully saturated rings. The molecular formula is C19H17N3O5. The number of aromatic nitrogens is 2. The van der Waals surface area contributed by atoms with Gasteiger partial charge in [0.05, 0.1) is 10.9 Å². The standard InChI is InChI=1S/C19H17N3O5/c23-17-13-8-4-5-9-14(13)20-16(22-17)10-15(18(24)25)21-19(26)27-11-12-6-2-1-3-7-12/h1-9,15H,10-11H2,(H,21,26)(H,24,25)(H,20,22,23)/t15-/m0/s1. The van der Waals surface area contributed by atoms with Crippen LogP contribution in [0.2, 0.25) is 0 Å². The van der Waals surface area contributed by atoms with Crippen LogP contribution in [0.5, 0.6) is 0 Å². The van der Waals surface area contributed by atoms with E-state index in [0.717, 1.165) is 5.56 Å². The molecule has 0 unspecified atom stereocenters. The average Bonchev–Trinajstić information content (AvgIpc) is 2.67. The van der Waals surface area contributed by atoms with Crippen LogP contribution in [0.3, 0.4) is 0 Å². The summed E-state index contributed by atoms with van der Waals surface area (Å²) in [5.41, 5.74) is 0.860. The molecule has 0 aliphatic rings. The number of H-pyrrole nitrogens is 1. The van der Waals surface area contributed by atoms with Crippen LogP contribution in [0.4, 0.5) is 4.79 Å². The maximum atomic E-state index is 12.1. The van der Waals surface area contributed by atoms with Crippen molar-refractivity contribution in [2.24, 2.45) is 0 Å². The average molecular weight is 367 g/mol. The van der Waals surface area contributed by atoms with Crippen LogP contribution in [0.1, 0.15) is 11.4 Å². The van der Waals surface area contributed by atoms with Crippen molar-refractivity contribution in [3.8, 4) is 0 Å². The highest BCUT2D eigenvalue weighted by Crippen LogP contribution is 2.07. The molecule has 0 aliphatic heterocycles. The fourth-order valence-electron chi connectivity index (χ4n) is 2.53. The van der Waals surface area contributed by atoms with Gasteiger partial charge in [-0.3, -0.25) is 4.79 Å². The summed E-state index contributed by atoms with van der Waals surface area (Å²) in [7, 11) is 0. The molecule has 0 radical (unpaired) electrons. The number of hydrogen-bond acceptors (Lipinski definition) is 5. The number of nitrogens with one attached hydrogen (secondary N) is 2. The van der Waals surface area contributed by atoms with E-state index in [0.29, 0.717) is 10.9 Å². The number of aliphatic carboxylic acids is 1. The lowest BCUT2D eigenvalue weighted by molar-refractivity contribution is -0.139. The zero-order valence-electron chi connectivity index (χ0n) is 14.2. The van der Waals surface area contributed by atoms with Crippen molar-refractivity contribution in [1.82, 2.24) is 15.3 Å². The molecule has 0 saturated heterocycles. The van der Waals surface area contributed by atoms with E-state index in [2.05, 4.69) is 15.3 Å². The number of ether oxygens (including phenoxy) is 1. The Morgan fingerprint density at radius 2 is 1.81 bits per heavy atom. The molecule has 0 spiro atoms. The SMILES string of the molecule is O=C(N[C@@H](Cc1nc2ccccc2c(=O)[nH]1)C(=O)O)OCc1ccccc1. The van der Waals surface area contributed by atoms with E-state index in [1.807, 2.05) is 6.07 Å². The molecule has 3 rings (SSSR count). The summed E-state index contributed by atoms with van der Waals surface area (Å²) in [4.78, 5) is 42.3. The Hall–Kier alpha value is -3.68. The smallest absolute Gasteiger partial charge is 0.408 e. The van der Waals surface area contributed by atoms with Gasteiger partial charge in [0, 0.05) is 6.42 Å². The molecule has 0 aliphatic carbocycles. The quantitative estimate of drug-likeness (QED) is 0.611. The van der Waals surface area contributed by atoms with Crippen molar-refractivity contribution in [2.45, 2.75) is 19.1 Å². The lowest BCUT2D eigenvalue weighted by Gasteiger charge is -2.14. The van der Waals surface area contributed by atoms with Crippen LogP contribution in [0.25, 0.3) is 10.9 Å². The van der Waals surface area contributed by atoms with E-state index in [1.54, 1.807) is 48.5 Å². The highest BCUT2D eigenvalue weighted by molar-refractivity contribution is 5.80. The number of benzene rings is 2. The van der Waals surface area contributed by atoms with Crippen molar-refractivity contribution in [3.05, 3.63) is 76.3 Å². The van der Waals surface area contributed by atoms with Gasteiger partial charge in [0.2, 0.25) is 0 Å². The largest absolute Gasteiger partial charge is 0.480 e. The molecular weight excluding hydrogens is 350 g/mol. The molecule has 138 valence electrons. The summed E-state index contributed by atoms with van der Waals surface area (Å²) in [5.74, 6) is -1.10. The fraction of sp³-hybridized carbons (Fsp3) is 0.158. The van der Waals surface area contributed by atoms with Gasteiger partial charge in [-0.1, -0.05) is 42.5 Å². The molecule has 8 nitrogen and oxygen atoms in total. The van der Waals surface area contributed by atoms with Crippen LogP contribution in [0, 0.1) is 0 Å². The van der Waals surface area contributed by atoms with Crippen LogP contribution in [-0.2, 0) is 22.6 Å². The Morgan fingerprint density at radius 1 is 1.11 bits per heavy atom. The van der Waals surface area contributed by atoms with Gasteiger partial charge in [0.15, 0.2) is 0 Å². The lowest BCUT2D eigenvalue weighted by Crippen LogP contribution is -2.43. The van der Waals surface area contributed by atoms with E-state index < -0.39 is 18.1 Å². The number of carbonyl (C=O) groups is 2. The number of carboxylic acids is 1. The lowest BCUT2D eigenvalue weighted by atomic mass is 10.2. The maximum Gasteiger partial charge on any atom is 0.408 e. The Bertz CT molecular complexity index is 1020. The monoisotopic (exact) mass is 367 g/mol. The molecule has 27 heavy (non-hydrogen) atoms. The number of nitrogens with zero attached hydrogens (tertiary/aromatic N) is 1. The van der Waals surface area contributed by atoms with E-state index in [9.17, 15) is 19.5 Å². The minimum Gasteiger partial charge on any atom is -0.480 e. The fourth-order valence-corrected chi connectivity index (χ4v) is 2.53. The van der Waals surface area contributed by atoms with Crippen molar-refractivity contribution in [3.63, 3.8) is 0 Å². The number of aromatic amines is 1. The van der Waals surface area contributed by atoms with Gasteiger partial charge in [-0.15, -0.1) is 0 Å². The second kappa shape index (κ2) is 8.13. The Morgan fingerprint density at radius 3 is 2.56 bits per heavy atom. The van der Waals surface area contributed by atoms with Crippen LogP contribution in [-0.4, -0.2) is 33.2 Å². The Labute approximate surface area is 153 Å². The summed E-state index contributed by atoms with van der Waals surface area (Å²) in [6.07, 6.45) is -1.05. The zero-order chi connectivity index (χ0) is 19.2. The van der Waals surface area contributed by atoms with Gasteiger partial charge in [-0.2, -0.15) is 0 Å². The summed E-state index contributed by atoms with van der Waals surface area (Å²) >= 11 is 0. The first-order chi connectivity index (χ1) is 13.0. The molecule has 3 N–H and O–H groups in total. The summed E-state index contributed by atoms with van der Waals surface area (Å²) in [6.45, 7) is 0.0179. The molecule has 1 atom stereocenters.